The number of rotatable bonds is 7. The van der Waals surface area contributed by atoms with Gasteiger partial charge in [-0.2, -0.15) is 4.98 Å². The van der Waals surface area contributed by atoms with Crippen LogP contribution in [0.2, 0.25) is 0 Å². The monoisotopic (exact) mass is 241 g/mol. The van der Waals surface area contributed by atoms with Crippen LogP contribution in [-0.4, -0.2) is 38.7 Å². The average molecular weight is 241 g/mol. The molecule has 0 aliphatic carbocycles. The highest BCUT2D eigenvalue weighted by Crippen LogP contribution is 2.08. The molecule has 6 nitrogen and oxygen atoms in total. The largest absolute Gasteiger partial charge is 0.481 e. The van der Waals surface area contributed by atoms with Crippen molar-refractivity contribution in [3.63, 3.8) is 0 Å². The van der Waals surface area contributed by atoms with Crippen molar-refractivity contribution >= 4 is 5.97 Å². The predicted octanol–water partition coefficient (Wildman–Crippen LogP) is 1.45. The van der Waals surface area contributed by atoms with Crippen molar-refractivity contribution in [3.8, 4) is 0 Å². The fourth-order valence-corrected chi connectivity index (χ4v) is 1.53. The Hall–Kier alpha value is -1.43. The van der Waals surface area contributed by atoms with E-state index in [1.807, 2.05) is 0 Å². The van der Waals surface area contributed by atoms with Crippen molar-refractivity contribution < 1.29 is 14.4 Å². The molecular weight excluding hydrogens is 222 g/mol. The van der Waals surface area contributed by atoms with E-state index in [-0.39, 0.29) is 6.42 Å². The van der Waals surface area contributed by atoms with E-state index < -0.39 is 5.97 Å². The molecule has 1 heterocycles. The Kier molecular flexibility index (Phi) is 5.09. The first kappa shape index (κ1) is 13.6. The quantitative estimate of drug-likeness (QED) is 0.778. The Labute approximate surface area is 101 Å². The van der Waals surface area contributed by atoms with Crippen LogP contribution in [-0.2, 0) is 11.3 Å². The molecule has 96 valence electrons. The van der Waals surface area contributed by atoms with E-state index in [4.69, 9.17) is 9.63 Å². The Bertz CT molecular complexity index is 363. The third-order valence-corrected chi connectivity index (χ3v) is 2.47. The van der Waals surface area contributed by atoms with Crippen LogP contribution in [0.3, 0.4) is 0 Å². The fraction of sp³-hybridized carbons (Fsp3) is 0.727. The topological polar surface area (TPSA) is 79.5 Å². The first-order valence-electron chi connectivity index (χ1n) is 5.74. The van der Waals surface area contributed by atoms with E-state index in [1.54, 1.807) is 6.92 Å². The molecule has 0 aromatic carbocycles. The molecule has 1 aromatic rings. The van der Waals surface area contributed by atoms with Crippen molar-refractivity contribution in [1.29, 1.82) is 0 Å². The van der Waals surface area contributed by atoms with Gasteiger partial charge in [-0.05, 0) is 33.7 Å². The molecule has 0 unspecified atom stereocenters. The van der Waals surface area contributed by atoms with Crippen LogP contribution in [0.25, 0.3) is 0 Å². The molecule has 0 bridgehead atoms. The van der Waals surface area contributed by atoms with Gasteiger partial charge in [-0.15, -0.1) is 0 Å². The minimum Gasteiger partial charge on any atom is -0.481 e. The van der Waals surface area contributed by atoms with Crippen molar-refractivity contribution in [2.45, 2.75) is 46.2 Å². The third-order valence-electron chi connectivity index (χ3n) is 2.47. The van der Waals surface area contributed by atoms with Crippen LogP contribution in [0.4, 0.5) is 0 Å². The van der Waals surface area contributed by atoms with Gasteiger partial charge in [0.1, 0.15) is 0 Å². The number of hydrogen-bond acceptors (Lipinski definition) is 5. The number of aryl methyl sites for hydroxylation is 1. The van der Waals surface area contributed by atoms with Gasteiger partial charge in [-0.3, -0.25) is 9.69 Å². The molecule has 1 rings (SSSR count). The lowest BCUT2D eigenvalue weighted by Crippen LogP contribution is -2.31. The highest BCUT2D eigenvalue weighted by Gasteiger charge is 2.14. The van der Waals surface area contributed by atoms with Crippen LogP contribution in [0, 0.1) is 6.92 Å². The standard InChI is InChI=1S/C11H19N3O3/c1-8(2)14(6-4-5-11(15)16)7-10-12-9(3)13-17-10/h8H,4-7H2,1-3H3,(H,15,16). The zero-order chi connectivity index (χ0) is 12.8. The van der Waals surface area contributed by atoms with Gasteiger partial charge >= 0.3 is 5.97 Å². The van der Waals surface area contributed by atoms with Gasteiger partial charge in [-0.25, -0.2) is 0 Å². The number of aliphatic carboxylic acids is 1. The van der Waals surface area contributed by atoms with Gasteiger partial charge in [0.15, 0.2) is 5.82 Å². The zero-order valence-electron chi connectivity index (χ0n) is 10.5. The van der Waals surface area contributed by atoms with Crippen molar-refractivity contribution in [3.05, 3.63) is 11.7 Å². The minimum atomic E-state index is -0.762. The fourth-order valence-electron chi connectivity index (χ4n) is 1.53. The molecule has 0 amide bonds. The molecule has 0 aliphatic heterocycles. The maximum atomic E-state index is 10.5. The maximum Gasteiger partial charge on any atom is 0.303 e. The molecule has 0 aliphatic rings. The van der Waals surface area contributed by atoms with E-state index in [0.29, 0.717) is 37.3 Å². The molecule has 0 saturated heterocycles. The van der Waals surface area contributed by atoms with Gasteiger partial charge in [0.25, 0.3) is 0 Å². The Morgan fingerprint density at radius 3 is 2.71 bits per heavy atom. The summed E-state index contributed by atoms with van der Waals surface area (Å²) in [4.78, 5) is 16.7. The number of carboxylic acid groups (broad SMARTS) is 1. The second-order valence-electron chi connectivity index (χ2n) is 4.30. The predicted molar refractivity (Wildman–Crippen MR) is 61.5 cm³/mol. The second kappa shape index (κ2) is 6.34. The van der Waals surface area contributed by atoms with Gasteiger partial charge in [0.05, 0.1) is 6.54 Å². The summed E-state index contributed by atoms with van der Waals surface area (Å²) in [5, 5.41) is 12.3. The van der Waals surface area contributed by atoms with E-state index in [1.165, 1.54) is 0 Å². The molecule has 0 fully saturated rings. The lowest BCUT2D eigenvalue weighted by Gasteiger charge is -2.24. The van der Waals surface area contributed by atoms with E-state index in [2.05, 4.69) is 28.9 Å². The van der Waals surface area contributed by atoms with E-state index in [0.717, 1.165) is 0 Å². The lowest BCUT2D eigenvalue weighted by atomic mass is 10.2. The molecule has 17 heavy (non-hydrogen) atoms. The third kappa shape index (κ3) is 4.95. The number of aromatic nitrogens is 2. The number of carbonyl (C=O) groups is 1. The smallest absolute Gasteiger partial charge is 0.303 e. The minimum absolute atomic E-state index is 0.187. The first-order chi connectivity index (χ1) is 7.99. The highest BCUT2D eigenvalue weighted by atomic mass is 16.5. The lowest BCUT2D eigenvalue weighted by molar-refractivity contribution is -0.137. The first-order valence-corrected chi connectivity index (χ1v) is 5.74. The molecule has 0 atom stereocenters. The van der Waals surface area contributed by atoms with Crippen LogP contribution >= 0.6 is 0 Å². The molecule has 0 spiro atoms. The SMILES string of the molecule is Cc1noc(CN(CCCC(=O)O)C(C)C)n1. The van der Waals surface area contributed by atoms with Gasteiger partial charge in [-0.1, -0.05) is 5.16 Å². The Morgan fingerprint density at radius 2 is 2.24 bits per heavy atom. The summed E-state index contributed by atoms with van der Waals surface area (Å²) >= 11 is 0. The summed E-state index contributed by atoms with van der Waals surface area (Å²) in [5.41, 5.74) is 0. The molecular formula is C11H19N3O3. The van der Waals surface area contributed by atoms with E-state index in [9.17, 15) is 4.79 Å². The zero-order valence-corrected chi connectivity index (χ0v) is 10.5. The summed E-state index contributed by atoms with van der Waals surface area (Å²) in [6.45, 7) is 7.18. The van der Waals surface area contributed by atoms with Gasteiger partial charge in [0.2, 0.25) is 5.89 Å². The molecule has 6 heteroatoms. The van der Waals surface area contributed by atoms with Crippen LogP contribution < -0.4 is 0 Å². The summed E-state index contributed by atoms with van der Waals surface area (Å²) in [6, 6.07) is 0.316. The highest BCUT2D eigenvalue weighted by molar-refractivity contribution is 5.66. The van der Waals surface area contributed by atoms with Crippen LogP contribution in [0.1, 0.15) is 38.4 Å². The summed E-state index contributed by atoms with van der Waals surface area (Å²) < 4.78 is 5.05. The van der Waals surface area contributed by atoms with Crippen molar-refractivity contribution in [2.75, 3.05) is 6.54 Å². The summed E-state index contributed by atoms with van der Waals surface area (Å²) in [6.07, 6.45) is 0.812. The second-order valence-corrected chi connectivity index (χ2v) is 4.30. The number of nitrogens with zero attached hydrogens (tertiary/aromatic N) is 3. The summed E-state index contributed by atoms with van der Waals surface area (Å²) in [5.74, 6) is 0.433. The Balaban J connectivity index is 2.46. The van der Waals surface area contributed by atoms with Crippen molar-refractivity contribution in [2.24, 2.45) is 0 Å². The number of carboxylic acids is 1. The summed E-state index contributed by atoms with van der Waals surface area (Å²) in [7, 11) is 0. The van der Waals surface area contributed by atoms with Crippen LogP contribution in [0.5, 0.6) is 0 Å². The van der Waals surface area contributed by atoms with E-state index >= 15 is 0 Å². The molecule has 1 aromatic heterocycles. The average Bonchev–Trinajstić information content (AvgIpc) is 2.62. The normalized spacial score (nSPS) is 11.4. The van der Waals surface area contributed by atoms with Crippen LogP contribution in [0.15, 0.2) is 4.52 Å². The maximum absolute atomic E-state index is 10.5. The molecule has 0 radical (unpaired) electrons. The number of hydrogen-bond donors (Lipinski definition) is 1. The molecule has 1 N–H and O–H groups in total. The van der Waals surface area contributed by atoms with Gasteiger partial charge in [0, 0.05) is 12.5 Å². The van der Waals surface area contributed by atoms with Gasteiger partial charge < -0.3 is 9.63 Å². The van der Waals surface area contributed by atoms with Crippen molar-refractivity contribution in [1.82, 2.24) is 15.0 Å². The Morgan fingerprint density at radius 1 is 1.53 bits per heavy atom. The molecule has 0 saturated carbocycles.